The third-order valence-electron chi connectivity index (χ3n) is 1.91. The minimum absolute atomic E-state index is 0.0904. The molecule has 1 aromatic rings. The van der Waals surface area contributed by atoms with E-state index in [1.807, 2.05) is 0 Å². The van der Waals surface area contributed by atoms with Gasteiger partial charge in [0.15, 0.2) is 0 Å². The van der Waals surface area contributed by atoms with E-state index in [1.165, 1.54) is 6.26 Å². The van der Waals surface area contributed by atoms with Crippen LogP contribution in [0.1, 0.15) is 22.5 Å². The predicted octanol–water partition coefficient (Wildman–Crippen LogP) is 1.35. The van der Waals surface area contributed by atoms with E-state index < -0.39 is 0 Å². The maximum atomic E-state index is 11.5. The molecular formula is C10H15NO3. The highest BCUT2D eigenvalue weighted by molar-refractivity contribution is 5.94. The number of furan rings is 1. The molecule has 0 bridgehead atoms. The van der Waals surface area contributed by atoms with Crippen molar-refractivity contribution in [2.75, 3.05) is 20.3 Å². The standard InChI is InChI=1S/C10H15NO3/c1-8-9(4-7-14-8)10(12)11-5-3-6-13-2/h4,7H,3,5-6H2,1-2H3,(H,11,12). The maximum absolute atomic E-state index is 11.5. The van der Waals surface area contributed by atoms with Crippen molar-refractivity contribution in [3.63, 3.8) is 0 Å². The van der Waals surface area contributed by atoms with Gasteiger partial charge in [0.05, 0.1) is 11.8 Å². The lowest BCUT2D eigenvalue weighted by molar-refractivity contribution is 0.0947. The number of carbonyl (C=O) groups is 1. The molecule has 0 spiro atoms. The lowest BCUT2D eigenvalue weighted by Crippen LogP contribution is -2.25. The zero-order chi connectivity index (χ0) is 10.4. The highest BCUT2D eigenvalue weighted by Gasteiger charge is 2.09. The molecule has 0 saturated carbocycles. The molecule has 1 heterocycles. The summed E-state index contributed by atoms with van der Waals surface area (Å²) in [4.78, 5) is 11.5. The Morgan fingerprint density at radius 3 is 3.00 bits per heavy atom. The highest BCUT2D eigenvalue weighted by Crippen LogP contribution is 2.07. The van der Waals surface area contributed by atoms with Crippen LogP contribution in [0.2, 0.25) is 0 Å². The van der Waals surface area contributed by atoms with Crippen molar-refractivity contribution in [2.45, 2.75) is 13.3 Å². The molecule has 0 radical (unpaired) electrons. The first-order valence-electron chi connectivity index (χ1n) is 4.57. The second-order valence-electron chi connectivity index (χ2n) is 2.99. The van der Waals surface area contributed by atoms with E-state index in [0.717, 1.165) is 6.42 Å². The van der Waals surface area contributed by atoms with Crippen LogP contribution < -0.4 is 5.32 Å². The molecular weight excluding hydrogens is 182 g/mol. The van der Waals surface area contributed by atoms with Gasteiger partial charge < -0.3 is 14.5 Å². The second-order valence-corrected chi connectivity index (χ2v) is 2.99. The van der Waals surface area contributed by atoms with Crippen molar-refractivity contribution in [2.24, 2.45) is 0 Å². The SMILES string of the molecule is COCCCNC(=O)c1ccoc1C. The molecule has 14 heavy (non-hydrogen) atoms. The first-order chi connectivity index (χ1) is 6.75. The van der Waals surface area contributed by atoms with E-state index in [9.17, 15) is 4.79 Å². The molecule has 0 saturated heterocycles. The van der Waals surface area contributed by atoms with Crippen LogP contribution in [0.3, 0.4) is 0 Å². The first-order valence-corrected chi connectivity index (χ1v) is 4.57. The number of methoxy groups -OCH3 is 1. The van der Waals surface area contributed by atoms with Gasteiger partial charge in [-0.3, -0.25) is 4.79 Å². The Labute approximate surface area is 83.2 Å². The number of rotatable bonds is 5. The van der Waals surface area contributed by atoms with Crippen LogP contribution in [0, 0.1) is 6.92 Å². The van der Waals surface area contributed by atoms with E-state index >= 15 is 0 Å². The van der Waals surface area contributed by atoms with Crippen LogP contribution in [0.25, 0.3) is 0 Å². The number of hydrogen-bond acceptors (Lipinski definition) is 3. The quantitative estimate of drug-likeness (QED) is 0.725. The molecule has 4 heteroatoms. The molecule has 0 aliphatic carbocycles. The lowest BCUT2D eigenvalue weighted by atomic mass is 10.2. The number of nitrogens with one attached hydrogen (secondary N) is 1. The lowest BCUT2D eigenvalue weighted by Gasteiger charge is -2.03. The summed E-state index contributed by atoms with van der Waals surface area (Å²) in [6.07, 6.45) is 2.33. The summed E-state index contributed by atoms with van der Waals surface area (Å²) >= 11 is 0. The van der Waals surface area contributed by atoms with Gasteiger partial charge in [-0.2, -0.15) is 0 Å². The predicted molar refractivity (Wildman–Crippen MR) is 52.3 cm³/mol. The van der Waals surface area contributed by atoms with Crippen LogP contribution in [0.15, 0.2) is 16.7 Å². The summed E-state index contributed by atoms with van der Waals surface area (Å²) in [7, 11) is 1.64. The molecule has 1 N–H and O–H groups in total. The fourth-order valence-corrected chi connectivity index (χ4v) is 1.13. The number of carbonyl (C=O) groups excluding carboxylic acids is 1. The van der Waals surface area contributed by atoms with Crippen molar-refractivity contribution in [3.05, 3.63) is 23.7 Å². The fourth-order valence-electron chi connectivity index (χ4n) is 1.13. The smallest absolute Gasteiger partial charge is 0.254 e. The van der Waals surface area contributed by atoms with E-state index in [-0.39, 0.29) is 5.91 Å². The van der Waals surface area contributed by atoms with Crippen molar-refractivity contribution >= 4 is 5.91 Å². The molecule has 1 rings (SSSR count). The van der Waals surface area contributed by atoms with E-state index in [0.29, 0.717) is 24.5 Å². The Morgan fingerprint density at radius 2 is 2.43 bits per heavy atom. The van der Waals surface area contributed by atoms with Gasteiger partial charge in [-0.25, -0.2) is 0 Å². The zero-order valence-electron chi connectivity index (χ0n) is 8.50. The zero-order valence-corrected chi connectivity index (χ0v) is 8.50. The van der Waals surface area contributed by atoms with E-state index in [2.05, 4.69) is 5.32 Å². The third-order valence-corrected chi connectivity index (χ3v) is 1.91. The van der Waals surface area contributed by atoms with E-state index in [4.69, 9.17) is 9.15 Å². The van der Waals surface area contributed by atoms with Crippen molar-refractivity contribution in [1.29, 1.82) is 0 Å². The van der Waals surface area contributed by atoms with Crippen molar-refractivity contribution in [3.8, 4) is 0 Å². The molecule has 0 atom stereocenters. The number of amides is 1. The van der Waals surface area contributed by atoms with Gasteiger partial charge in [-0.15, -0.1) is 0 Å². The van der Waals surface area contributed by atoms with Crippen molar-refractivity contribution < 1.29 is 13.9 Å². The van der Waals surface area contributed by atoms with Gasteiger partial charge in [-0.05, 0) is 19.4 Å². The summed E-state index contributed by atoms with van der Waals surface area (Å²) in [6, 6.07) is 1.67. The van der Waals surface area contributed by atoms with Crippen molar-refractivity contribution in [1.82, 2.24) is 5.32 Å². The highest BCUT2D eigenvalue weighted by atomic mass is 16.5. The molecule has 78 valence electrons. The molecule has 0 aliphatic rings. The molecule has 0 fully saturated rings. The summed E-state index contributed by atoms with van der Waals surface area (Å²) in [5, 5.41) is 2.78. The summed E-state index contributed by atoms with van der Waals surface area (Å²) in [5.74, 6) is 0.557. The van der Waals surface area contributed by atoms with Gasteiger partial charge in [-0.1, -0.05) is 0 Å². The maximum Gasteiger partial charge on any atom is 0.254 e. The van der Waals surface area contributed by atoms with Gasteiger partial charge in [0.1, 0.15) is 5.76 Å². The Bertz CT molecular complexity index is 293. The molecule has 0 aromatic carbocycles. The fraction of sp³-hybridized carbons (Fsp3) is 0.500. The van der Waals surface area contributed by atoms with Crippen LogP contribution in [0.5, 0.6) is 0 Å². The molecule has 0 unspecified atom stereocenters. The monoisotopic (exact) mass is 197 g/mol. The molecule has 0 aliphatic heterocycles. The average Bonchev–Trinajstić information content (AvgIpc) is 2.59. The summed E-state index contributed by atoms with van der Waals surface area (Å²) in [6.45, 7) is 3.05. The van der Waals surface area contributed by atoms with Crippen LogP contribution >= 0.6 is 0 Å². The van der Waals surface area contributed by atoms with Gasteiger partial charge in [0, 0.05) is 20.3 Å². The minimum Gasteiger partial charge on any atom is -0.469 e. The normalized spacial score (nSPS) is 10.1. The van der Waals surface area contributed by atoms with Crippen LogP contribution in [0.4, 0.5) is 0 Å². The molecule has 1 amide bonds. The summed E-state index contributed by atoms with van der Waals surface area (Å²) in [5.41, 5.74) is 0.599. The Morgan fingerprint density at radius 1 is 1.64 bits per heavy atom. The van der Waals surface area contributed by atoms with Crippen LogP contribution in [-0.2, 0) is 4.74 Å². The van der Waals surface area contributed by atoms with Gasteiger partial charge >= 0.3 is 0 Å². The number of aryl methyl sites for hydroxylation is 1. The third kappa shape index (κ3) is 2.88. The van der Waals surface area contributed by atoms with Crippen LogP contribution in [-0.4, -0.2) is 26.2 Å². The molecule has 4 nitrogen and oxygen atoms in total. The van der Waals surface area contributed by atoms with Gasteiger partial charge in [0.25, 0.3) is 5.91 Å². The summed E-state index contributed by atoms with van der Waals surface area (Å²) < 4.78 is 9.90. The second kappa shape index (κ2) is 5.44. The Hall–Kier alpha value is -1.29. The topological polar surface area (TPSA) is 51.5 Å². The largest absolute Gasteiger partial charge is 0.469 e. The first kappa shape index (κ1) is 10.8. The Kier molecular flexibility index (Phi) is 4.19. The average molecular weight is 197 g/mol. The number of hydrogen-bond donors (Lipinski definition) is 1. The minimum atomic E-state index is -0.0904. The van der Waals surface area contributed by atoms with Gasteiger partial charge in [0.2, 0.25) is 0 Å². The Balaban J connectivity index is 2.32. The van der Waals surface area contributed by atoms with E-state index in [1.54, 1.807) is 20.1 Å². The number of ether oxygens (including phenoxy) is 1. The molecule has 1 aromatic heterocycles.